The molecule has 0 bridgehead atoms. The van der Waals surface area contributed by atoms with Gasteiger partial charge in [0.05, 0.1) is 0 Å². The van der Waals surface area contributed by atoms with Crippen LogP contribution in [-0.4, -0.2) is 40.4 Å². The van der Waals surface area contributed by atoms with Crippen molar-refractivity contribution in [3.05, 3.63) is 0 Å². The smallest absolute Gasteiger partial charge is 0.285 e. The molecule has 5 nitrogen and oxygen atoms in total. The third kappa shape index (κ3) is 7.94. The largest absolute Gasteiger partial charge is 0.331 e. The highest BCUT2D eigenvalue weighted by atomic mass is 16.9. The van der Waals surface area contributed by atoms with Gasteiger partial charge in [0, 0.05) is 27.2 Å². The van der Waals surface area contributed by atoms with E-state index in [-0.39, 0.29) is 5.92 Å². The Bertz CT molecular complexity index is 252. The average Bonchev–Trinajstić information content (AvgIpc) is 2.58. The van der Waals surface area contributed by atoms with Crippen LogP contribution in [0, 0.1) is 11.8 Å². The van der Waals surface area contributed by atoms with E-state index >= 15 is 0 Å². The number of rotatable bonds is 16. The molecule has 0 aromatic carbocycles. The average molecular weight is 333 g/mol. The van der Waals surface area contributed by atoms with Crippen molar-refractivity contribution >= 4 is 0 Å². The fourth-order valence-electron chi connectivity index (χ4n) is 3.51. The van der Waals surface area contributed by atoms with Crippen molar-refractivity contribution in [3.8, 4) is 0 Å². The van der Waals surface area contributed by atoms with E-state index in [0.717, 1.165) is 25.7 Å². The first-order valence-electron chi connectivity index (χ1n) is 9.21. The summed E-state index contributed by atoms with van der Waals surface area (Å²) in [7, 11) is 4.93. The lowest BCUT2D eigenvalue weighted by Crippen LogP contribution is -2.47. The predicted octanol–water partition coefficient (Wildman–Crippen LogP) is 3.26. The Hall–Kier alpha value is -0.200. The third-order valence-electron chi connectivity index (χ3n) is 4.81. The van der Waals surface area contributed by atoms with E-state index in [4.69, 9.17) is 25.7 Å². The molecule has 2 atom stereocenters. The molecule has 2 unspecified atom stereocenters. The number of hydrogen-bond donors (Lipinski definition) is 2. The molecule has 23 heavy (non-hydrogen) atoms. The van der Waals surface area contributed by atoms with Gasteiger partial charge in [0.1, 0.15) is 0 Å². The molecule has 0 saturated heterocycles. The summed E-state index contributed by atoms with van der Waals surface area (Å²) in [6.07, 6.45) is 10.3. The standard InChI is InChI=1S/C18H40N2O3/c1-5-6-7-8-9-11-16(13-15-20)17(12-10-14-19)18(21-2,22-3)23-4/h16-17H,5-15,19-20H2,1-4H3. The van der Waals surface area contributed by atoms with Crippen LogP contribution in [0.2, 0.25) is 0 Å². The zero-order valence-electron chi connectivity index (χ0n) is 15.8. The minimum Gasteiger partial charge on any atom is -0.331 e. The molecule has 0 aliphatic carbocycles. The fourth-order valence-corrected chi connectivity index (χ4v) is 3.51. The molecule has 0 aliphatic rings. The number of nitrogens with two attached hydrogens (primary N) is 2. The van der Waals surface area contributed by atoms with Gasteiger partial charge in [-0.15, -0.1) is 0 Å². The summed E-state index contributed by atoms with van der Waals surface area (Å²) < 4.78 is 16.9. The molecule has 0 heterocycles. The van der Waals surface area contributed by atoms with E-state index in [1.807, 2.05) is 0 Å². The molecule has 0 radical (unpaired) electrons. The quantitative estimate of drug-likeness (QED) is 0.335. The fraction of sp³-hybridized carbons (Fsp3) is 1.00. The highest BCUT2D eigenvalue weighted by Crippen LogP contribution is 2.37. The molecule has 0 fully saturated rings. The number of methoxy groups -OCH3 is 3. The molecule has 0 amide bonds. The van der Waals surface area contributed by atoms with Gasteiger partial charge in [-0.05, 0) is 44.7 Å². The lowest BCUT2D eigenvalue weighted by atomic mass is 9.80. The van der Waals surface area contributed by atoms with E-state index in [1.165, 1.54) is 32.1 Å². The Morgan fingerprint density at radius 2 is 1.35 bits per heavy atom. The summed E-state index contributed by atoms with van der Waals surface area (Å²) in [5.74, 6) is -0.438. The van der Waals surface area contributed by atoms with Gasteiger partial charge >= 0.3 is 0 Å². The van der Waals surface area contributed by atoms with Gasteiger partial charge in [0.15, 0.2) is 0 Å². The Morgan fingerprint density at radius 3 is 1.83 bits per heavy atom. The second-order valence-corrected chi connectivity index (χ2v) is 6.29. The van der Waals surface area contributed by atoms with E-state index in [1.54, 1.807) is 21.3 Å². The zero-order valence-corrected chi connectivity index (χ0v) is 15.8. The van der Waals surface area contributed by atoms with Gasteiger partial charge in [-0.25, -0.2) is 0 Å². The van der Waals surface area contributed by atoms with Crippen molar-refractivity contribution in [1.82, 2.24) is 0 Å². The van der Waals surface area contributed by atoms with Crippen LogP contribution in [0.1, 0.15) is 64.7 Å². The Kier molecular flexibility index (Phi) is 14.0. The van der Waals surface area contributed by atoms with Crippen LogP contribution >= 0.6 is 0 Å². The van der Waals surface area contributed by atoms with Crippen molar-refractivity contribution in [2.24, 2.45) is 23.3 Å². The zero-order chi connectivity index (χ0) is 17.6. The molecule has 0 aliphatic heterocycles. The maximum atomic E-state index is 5.87. The van der Waals surface area contributed by atoms with Gasteiger partial charge in [0.25, 0.3) is 5.97 Å². The number of unbranched alkanes of at least 4 members (excludes halogenated alkanes) is 4. The van der Waals surface area contributed by atoms with Crippen LogP contribution in [0.25, 0.3) is 0 Å². The molecule has 0 spiro atoms. The monoisotopic (exact) mass is 332 g/mol. The third-order valence-corrected chi connectivity index (χ3v) is 4.81. The van der Waals surface area contributed by atoms with Crippen LogP contribution in [0.3, 0.4) is 0 Å². The first kappa shape index (κ1) is 22.8. The van der Waals surface area contributed by atoms with E-state index in [0.29, 0.717) is 19.0 Å². The first-order valence-corrected chi connectivity index (χ1v) is 9.21. The second kappa shape index (κ2) is 14.2. The van der Waals surface area contributed by atoms with Crippen LogP contribution in [0.5, 0.6) is 0 Å². The van der Waals surface area contributed by atoms with Gasteiger partial charge in [-0.3, -0.25) is 0 Å². The van der Waals surface area contributed by atoms with Crippen LogP contribution in [0.15, 0.2) is 0 Å². The lowest BCUT2D eigenvalue weighted by Gasteiger charge is -2.41. The predicted molar refractivity (Wildman–Crippen MR) is 96.1 cm³/mol. The highest BCUT2D eigenvalue weighted by molar-refractivity contribution is 4.79. The van der Waals surface area contributed by atoms with E-state index in [2.05, 4.69) is 6.92 Å². The van der Waals surface area contributed by atoms with Crippen molar-refractivity contribution in [1.29, 1.82) is 0 Å². The molecule has 0 aromatic heterocycles. The van der Waals surface area contributed by atoms with E-state index in [9.17, 15) is 0 Å². The maximum Gasteiger partial charge on any atom is 0.285 e. The van der Waals surface area contributed by atoms with Gasteiger partial charge in [-0.1, -0.05) is 39.0 Å². The molecular weight excluding hydrogens is 292 g/mol. The molecule has 0 saturated carbocycles. The summed E-state index contributed by atoms with van der Waals surface area (Å²) in [5.41, 5.74) is 11.6. The molecule has 5 heteroatoms. The summed E-state index contributed by atoms with van der Waals surface area (Å²) in [6.45, 7) is 3.58. The normalized spacial score (nSPS) is 14.9. The summed E-state index contributed by atoms with van der Waals surface area (Å²) >= 11 is 0. The highest BCUT2D eigenvalue weighted by Gasteiger charge is 2.43. The van der Waals surface area contributed by atoms with Crippen molar-refractivity contribution in [3.63, 3.8) is 0 Å². The number of hydrogen-bond acceptors (Lipinski definition) is 5. The number of ether oxygens (including phenoxy) is 3. The SMILES string of the molecule is CCCCCCCC(CCN)C(CCCN)C(OC)(OC)OC. The lowest BCUT2D eigenvalue weighted by molar-refractivity contribution is -0.386. The molecular formula is C18H40N2O3. The van der Waals surface area contributed by atoms with E-state index < -0.39 is 5.97 Å². The Labute approximate surface area is 143 Å². The van der Waals surface area contributed by atoms with Crippen LogP contribution in [-0.2, 0) is 14.2 Å². The maximum absolute atomic E-state index is 5.87. The van der Waals surface area contributed by atoms with Crippen molar-refractivity contribution in [2.45, 2.75) is 70.7 Å². The second-order valence-electron chi connectivity index (χ2n) is 6.29. The van der Waals surface area contributed by atoms with Crippen LogP contribution < -0.4 is 11.5 Å². The minimum absolute atomic E-state index is 0.140. The molecule has 0 aromatic rings. The summed E-state index contributed by atoms with van der Waals surface area (Å²) in [4.78, 5) is 0. The van der Waals surface area contributed by atoms with Crippen LogP contribution in [0.4, 0.5) is 0 Å². The van der Waals surface area contributed by atoms with Crippen molar-refractivity contribution in [2.75, 3.05) is 34.4 Å². The van der Waals surface area contributed by atoms with Gasteiger partial charge < -0.3 is 25.7 Å². The van der Waals surface area contributed by atoms with Gasteiger partial charge in [-0.2, -0.15) is 0 Å². The topological polar surface area (TPSA) is 79.7 Å². The van der Waals surface area contributed by atoms with Gasteiger partial charge in [0.2, 0.25) is 0 Å². The Morgan fingerprint density at radius 1 is 0.739 bits per heavy atom. The molecule has 0 rings (SSSR count). The first-order chi connectivity index (χ1) is 11.2. The van der Waals surface area contributed by atoms with Crippen molar-refractivity contribution < 1.29 is 14.2 Å². The minimum atomic E-state index is -1.00. The molecule has 140 valence electrons. The molecule has 4 N–H and O–H groups in total. The Balaban J connectivity index is 4.93. The summed E-state index contributed by atoms with van der Waals surface area (Å²) in [5, 5.41) is 0. The summed E-state index contributed by atoms with van der Waals surface area (Å²) in [6, 6.07) is 0.